The van der Waals surface area contributed by atoms with Gasteiger partial charge in [-0.1, -0.05) is 31.4 Å². The average Bonchev–Trinajstić information content (AvgIpc) is 3.32. The number of pyridine rings is 1. The quantitative estimate of drug-likeness (QED) is 0.304. The first-order chi connectivity index (χ1) is 18.0. The molecule has 37 heavy (non-hydrogen) atoms. The third-order valence-corrected chi connectivity index (χ3v) is 7.99. The first kappa shape index (κ1) is 27.7. The van der Waals surface area contributed by atoms with Gasteiger partial charge in [-0.2, -0.15) is 0 Å². The van der Waals surface area contributed by atoms with Crippen molar-refractivity contribution in [2.45, 2.75) is 96.3 Å². The Labute approximate surface area is 221 Å². The minimum absolute atomic E-state index is 0.136. The highest BCUT2D eigenvalue weighted by Gasteiger charge is 2.28. The predicted molar refractivity (Wildman–Crippen MR) is 147 cm³/mol. The molecular weight excluding hydrogens is 465 g/mol. The van der Waals surface area contributed by atoms with Crippen molar-refractivity contribution in [2.24, 2.45) is 0 Å². The van der Waals surface area contributed by atoms with E-state index in [1.807, 2.05) is 38.1 Å². The number of hydrogen-bond donors (Lipinski definition) is 4. The zero-order valence-corrected chi connectivity index (χ0v) is 22.5. The number of nitrogens with zero attached hydrogens (tertiary/aromatic N) is 1. The Morgan fingerprint density at radius 2 is 1.97 bits per heavy atom. The summed E-state index contributed by atoms with van der Waals surface area (Å²) in [6.07, 6.45) is 11.5. The van der Waals surface area contributed by atoms with Crippen molar-refractivity contribution in [3.63, 3.8) is 0 Å². The normalized spacial score (nSPS) is 18.5. The maximum Gasteiger partial charge on any atom is 0.237 e. The molecule has 0 saturated heterocycles. The Morgan fingerprint density at radius 1 is 1.14 bits per heavy atom. The molecular formula is C30H44FN5O. The molecule has 2 atom stereocenters. The van der Waals surface area contributed by atoms with E-state index in [-0.39, 0.29) is 18.3 Å². The molecule has 1 aromatic carbocycles. The van der Waals surface area contributed by atoms with Crippen LogP contribution in [0.15, 0.2) is 30.5 Å². The van der Waals surface area contributed by atoms with Gasteiger partial charge in [0, 0.05) is 37.4 Å². The number of aromatic nitrogens is 1. The maximum atomic E-state index is 15.2. The number of nitrogens with one attached hydrogen (secondary N) is 4. The van der Waals surface area contributed by atoms with E-state index in [0.29, 0.717) is 29.6 Å². The molecule has 4 N–H and O–H groups in total. The van der Waals surface area contributed by atoms with E-state index in [0.717, 1.165) is 50.2 Å². The Balaban J connectivity index is 1.24. The summed E-state index contributed by atoms with van der Waals surface area (Å²) in [5.74, 6) is 0.0770. The van der Waals surface area contributed by atoms with E-state index in [1.165, 1.54) is 37.7 Å². The highest BCUT2D eigenvalue weighted by atomic mass is 19.1. The van der Waals surface area contributed by atoms with Gasteiger partial charge in [0.25, 0.3) is 0 Å². The maximum absolute atomic E-state index is 15.2. The molecule has 6 nitrogen and oxygen atoms in total. The largest absolute Gasteiger partial charge is 0.351 e. The van der Waals surface area contributed by atoms with E-state index < -0.39 is 6.04 Å². The smallest absolute Gasteiger partial charge is 0.237 e. The molecule has 202 valence electrons. The fourth-order valence-corrected chi connectivity index (χ4v) is 5.74. The Bertz CT molecular complexity index is 1010. The third kappa shape index (κ3) is 7.82. The minimum Gasteiger partial charge on any atom is -0.351 e. The second-order valence-corrected chi connectivity index (χ2v) is 10.8. The molecule has 2 aromatic rings. The molecule has 0 spiro atoms. The summed E-state index contributed by atoms with van der Waals surface area (Å²) in [4.78, 5) is 17.0. The van der Waals surface area contributed by atoms with E-state index in [4.69, 9.17) is 0 Å². The molecule has 1 amide bonds. The zero-order valence-electron chi connectivity index (χ0n) is 22.5. The lowest BCUT2D eigenvalue weighted by atomic mass is 9.95. The van der Waals surface area contributed by atoms with Crippen LogP contribution in [0.2, 0.25) is 0 Å². The lowest BCUT2D eigenvalue weighted by molar-refractivity contribution is -0.122. The van der Waals surface area contributed by atoms with Crippen molar-refractivity contribution in [3.8, 4) is 0 Å². The van der Waals surface area contributed by atoms with Crippen LogP contribution in [0.4, 0.5) is 4.39 Å². The van der Waals surface area contributed by atoms with E-state index >= 15 is 4.39 Å². The molecule has 2 aliphatic rings. The summed E-state index contributed by atoms with van der Waals surface area (Å²) in [7, 11) is 0. The fourth-order valence-electron chi connectivity index (χ4n) is 5.74. The Morgan fingerprint density at radius 3 is 2.76 bits per heavy atom. The van der Waals surface area contributed by atoms with Gasteiger partial charge in [-0.3, -0.25) is 9.78 Å². The molecule has 4 rings (SSSR count). The van der Waals surface area contributed by atoms with Crippen LogP contribution in [0.1, 0.15) is 85.7 Å². The molecule has 0 bridgehead atoms. The van der Waals surface area contributed by atoms with Crippen molar-refractivity contribution in [3.05, 3.63) is 64.2 Å². The van der Waals surface area contributed by atoms with Gasteiger partial charge < -0.3 is 21.3 Å². The number of halogens is 1. The fraction of sp³-hybridized carbons (Fsp3) is 0.600. The lowest BCUT2D eigenvalue weighted by Gasteiger charge is -2.23. The van der Waals surface area contributed by atoms with Gasteiger partial charge >= 0.3 is 0 Å². The summed E-state index contributed by atoms with van der Waals surface area (Å²) in [6, 6.07) is 8.05. The van der Waals surface area contributed by atoms with Crippen molar-refractivity contribution >= 4 is 5.91 Å². The third-order valence-electron chi connectivity index (χ3n) is 7.99. The number of carbonyl (C=O) groups is 1. The highest BCUT2D eigenvalue weighted by molar-refractivity contribution is 5.81. The van der Waals surface area contributed by atoms with E-state index in [2.05, 4.69) is 26.3 Å². The molecule has 0 radical (unpaired) electrons. The molecule has 1 heterocycles. The monoisotopic (exact) mass is 509 g/mol. The molecule has 1 saturated carbocycles. The van der Waals surface area contributed by atoms with E-state index in [9.17, 15) is 4.79 Å². The number of carbonyl (C=O) groups excluding carboxylic acids is 1. The van der Waals surface area contributed by atoms with Crippen molar-refractivity contribution in [2.75, 3.05) is 19.6 Å². The Kier molecular flexibility index (Phi) is 10.5. The number of amides is 1. The number of benzene rings is 1. The summed E-state index contributed by atoms with van der Waals surface area (Å²) in [5, 5.41) is 13.5. The average molecular weight is 510 g/mol. The predicted octanol–water partition coefficient (Wildman–Crippen LogP) is 4.26. The second-order valence-electron chi connectivity index (χ2n) is 10.8. The van der Waals surface area contributed by atoms with Gasteiger partial charge in [-0.15, -0.1) is 0 Å². The van der Waals surface area contributed by atoms with Gasteiger partial charge in [-0.05, 0) is 93.8 Å². The van der Waals surface area contributed by atoms with Crippen LogP contribution in [-0.2, 0) is 24.3 Å². The van der Waals surface area contributed by atoms with Crippen LogP contribution in [0.5, 0.6) is 0 Å². The molecule has 1 unspecified atom stereocenters. The summed E-state index contributed by atoms with van der Waals surface area (Å²) >= 11 is 0. The first-order valence-electron chi connectivity index (χ1n) is 14.2. The van der Waals surface area contributed by atoms with E-state index in [1.54, 1.807) is 6.20 Å². The molecule has 1 fully saturated rings. The van der Waals surface area contributed by atoms with Crippen LogP contribution in [0.25, 0.3) is 0 Å². The topological polar surface area (TPSA) is 78.1 Å². The van der Waals surface area contributed by atoms with Crippen LogP contribution >= 0.6 is 0 Å². The van der Waals surface area contributed by atoms with Crippen molar-refractivity contribution in [1.82, 2.24) is 26.3 Å². The number of hydrogen-bond acceptors (Lipinski definition) is 5. The lowest BCUT2D eigenvalue weighted by Crippen LogP contribution is -2.41. The molecule has 1 aromatic heterocycles. The first-order valence-corrected chi connectivity index (χ1v) is 14.2. The molecule has 0 aliphatic heterocycles. The van der Waals surface area contributed by atoms with Crippen LogP contribution in [0, 0.1) is 12.7 Å². The second kappa shape index (κ2) is 14.0. The van der Waals surface area contributed by atoms with Gasteiger partial charge in [0.05, 0.1) is 11.7 Å². The summed E-state index contributed by atoms with van der Waals surface area (Å²) in [6.45, 7) is 7.37. The zero-order chi connectivity index (χ0) is 26.0. The standard InChI is InChI=1S/C30H44FN5O/c1-21-17-27-23(18-32-14-8-16-33-24-9-4-3-5-10-24)12-13-26(27)28(29(21)31)20-36-30(37)22(2)35-19-25-11-6-7-15-34-25/h6-7,11,15,17,22-24,32-33,35H,3-5,8-10,12-14,16,18-20H2,1-2H3,(H,36,37)/t22-,23?/m0/s1. The minimum atomic E-state index is -0.396. The number of aryl methyl sites for hydroxylation is 1. The SMILES string of the molecule is Cc1cc2c(c(CNC(=O)[C@H](C)NCc3ccccn3)c1F)CCC2CNCCCNC1CCCCC1. The molecule has 7 heteroatoms. The molecule has 2 aliphatic carbocycles. The van der Waals surface area contributed by atoms with Gasteiger partial charge in [0.1, 0.15) is 5.82 Å². The summed E-state index contributed by atoms with van der Waals surface area (Å²) < 4.78 is 15.2. The summed E-state index contributed by atoms with van der Waals surface area (Å²) in [5.41, 5.74) is 4.53. The van der Waals surface area contributed by atoms with Crippen molar-refractivity contribution < 1.29 is 9.18 Å². The highest BCUT2D eigenvalue weighted by Crippen LogP contribution is 2.37. The van der Waals surface area contributed by atoms with Crippen LogP contribution < -0.4 is 21.3 Å². The van der Waals surface area contributed by atoms with Crippen molar-refractivity contribution in [1.29, 1.82) is 0 Å². The number of fused-ring (bicyclic) bond motifs is 1. The Hall–Kier alpha value is -2.35. The van der Waals surface area contributed by atoms with Gasteiger partial charge in [-0.25, -0.2) is 4.39 Å². The van der Waals surface area contributed by atoms with Crippen LogP contribution in [-0.4, -0.2) is 42.6 Å². The number of rotatable bonds is 13. The van der Waals surface area contributed by atoms with Gasteiger partial charge in [0.2, 0.25) is 5.91 Å². The van der Waals surface area contributed by atoms with Gasteiger partial charge in [0.15, 0.2) is 0 Å². The van der Waals surface area contributed by atoms with Crippen LogP contribution in [0.3, 0.4) is 0 Å².